The molecule has 2 aromatic heterocycles. The molecule has 0 saturated carbocycles. The molecule has 9 nitrogen and oxygen atoms in total. The van der Waals surface area contributed by atoms with Gasteiger partial charge in [-0.1, -0.05) is 0 Å². The van der Waals surface area contributed by atoms with Crippen LogP contribution < -0.4 is 5.56 Å². The molecule has 0 aromatic carbocycles. The summed E-state index contributed by atoms with van der Waals surface area (Å²) in [6.07, 6.45) is 1.16. The van der Waals surface area contributed by atoms with Crippen LogP contribution in [0.3, 0.4) is 0 Å². The van der Waals surface area contributed by atoms with Crippen LogP contribution in [0.25, 0.3) is 5.82 Å². The fourth-order valence-corrected chi connectivity index (χ4v) is 1.81. The average Bonchev–Trinajstić information content (AvgIpc) is 2.65. The summed E-state index contributed by atoms with van der Waals surface area (Å²) < 4.78 is 1.21. The molecule has 0 amide bonds. The molecule has 0 unspecified atom stereocenters. The number of H-pyrrole nitrogens is 1. The van der Waals surface area contributed by atoms with E-state index in [0.717, 1.165) is 11.0 Å². The predicted octanol–water partition coefficient (Wildman–Crippen LogP) is 0.784. The molecule has 11 heteroatoms. The average molecular weight is 366 g/mol. The molecule has 0 atom stereocenters. The van der Waals surface area contributed by atoms with Gasteiger partial charge in [-0.25, -0.2) is 4.98 Å². The first-order valence-corrected chi connectivity index (χ1v) is 5.60. The van der Waals surface area contributed by atoms with Crippen LogP contribution in [0.5, 0.6) is 0 Å². The summed E-state index contributed by atoms with van der Waals surface area (Å²) in [4.78, 5) is 30.8. The standard InChI is InChI=1S/C6H2Br2N6O3/c7-2-3(9-1-10-4(2)15)13-5(8)11-6(12-13)14(16)17/h1H,(H,9,10,15). The van der Waals surface area contributed by atoms with Gasteiger partial charge >= 0.3 is 5.95 Å². The minimum absolute atomic E-state index is 0.0722. The second kappa shape index (κ2) is 4.33. The molecule has 1 N–H and O–H groups in total. The Balaban J connectivity index is 2.65. The number of aromatic nitrogens is 5. The van der Waals surface area contributed by atoms with Crippen molar-refractivity contribution in [3.8, 4) is 5.82 Å². The van der Waals surface area contributed by atoms with Crippen molar-refractivity contribution >= 4 is 37.8 Å². The molecule has 0 aliphatic carbocycles. The highest BCUT2D eigenvalue weighted by atomic mass is 79.9. The number of halogens is 2. The quantitative estimate of drug-likeness (QED) is 0.620. The van der Waals surface area contributed by atoms with Gasteiger partial charge in [0.1, 0.15) is 4.47 Å². The fourth-order valence-electron chi connectivity index (χ4n) is 1.02. The van der Waals surface area contributed by atoms with Crippen molar-refractivity contribution in [2.75, 3.05) is 0 Å². The zero-order chi connectivity index (χ0) is 12.6. The Kier molecular flexibility index (Phi) is 3.02. The lowest BCUT2D eigenvalue weighted by atomic mass is 10.6. The third kappa shape index (κ3) is 2.10. The van der Waals surface area contributed by atoms with Crippen LogP contribution in [0.4, 0.5) is 5.95 Å². The highest BCUT2D eigenvalue weighted by Crippen LogP contribution is 2.19. The summed E-state index contributed by atoms with van der Waals surface area (Å²) in [6.45, 7) is 0. The number of nitro groups is 1. The molecule has 0 aliphatic rings. The maximum absolute atomic E-state index is 11.3. The monoisotopic (exact) mass is 364 g/mol. The first-order valence-electron chi connectivity index (χ1n) is 4.01. The molecular formula is C6H2Br2N6O3. The summed E-state index contributed by atoms with van der Waals surface area (Å²) in [7, 11) is 0. The van der Waals surface area contributed by atoms with Crippen LogP contribution in [0, 0.1) is 10.1 Å². The number of nitrogens with zero attached hydrogens (tertiary/aromatic N) is 5. The molecule has 0 fully saturated rings. The third-order valence-electron chi connectivity index (χ3n) is 1.70. The van der Waals surface area contributed by atoms with Gasteiger partial charge in [0.2, 0.25) is 0 Å². The van der Waals surface area contributed by atoms with Gasteiger partial charge in [0.15, 0.2) is 5.82 Å². The van der Waals surface area contributed by atoms with Gasteiger partial charge in [0.05, 0.1) is 6.33 Å². The fraction of sp³-hybridized carbons (Fsp3) is 0. The maximum atomic E-state index is 11.3. The van der Waals surface area contributed by atoms with E-state index in [2.05, 4.69) is 51.9 Å². The van der Waals surface area contributed by atoms with Crippen molar-refractivity contribution in [1.29, 1.82) is 0 Å². The first kappa shape index (κ1) is 11.9. The minimum Gasteiger partial charge on any atom is -0.390 e. The van der Waals surface area contributed by atoms with Crippen LogP contribution in [-0.2, 0) is 0 Å². The molecule has 0 bridgehead atoms. The lowest BCUT2D eigenvalue weighted by molar-refractivity contribution is -0.394. The normalized spacial score (nSPS) is 10.5. The van der Waals surface area contributed by atoms with Crippen LogP contribution in [0.1, 0.15) is 0 Å². The van der Waals surface area contributed by atoms with Crippen LogP contribution in [0.15, 0.2) is 20.3 Å². The van der Waals surface area contributed by atoms with Crippen molar-refractivity contribution < 1.29 is 4.92 Å². The zero-order valence-electron chi connectivity index (χ0n) is 7.79. The summed E-state index contributed by atoms with van der Waals surface area (Å²) >= 11 is 6.00. The summed E-state index contributed by atoms with van der Waals surface area (Å²) in [5.74, 6) is -0.493. The Morgan fingerprint density at radius 3 is 2.76 bits per heavy atom. The summed E-state index contributed by atoms with van der Waals surface area (Å²) in [6, 6.07) is 0. The topological polar surface area (TPSA) is 120 Å². The molecule has 2 aromatic rings. The molecule has 2 heterocycles. The van der Waals surface area contributed by atoms with Crippen LogP contribution in [0.2, 0.25) is 0 Å². The molecule has 0 aliphatic heterocycles. The summed E-state index contributed by atoms with van der Waals surface area (Å²) in [5.41, 5.74) is -0.431. The van der Waals surface area contributed by atoms with Gasteiger partial charge in [-0.05, 0) is 25.8 Å². The number of nitrogens with one attached hydrogen (secondary N) is 1. The number of aromatic amines is 1. The second-order valence-corrected chi connectivity index (χ2v) is 4.22. The molecule has 88 valence electrons. The van der Waals surface area contributed by atoms with Crippen LogP contribution >= 0.6 is 31.9 Å². The van der Waals surface area contributed by atoms with Gasteiger partial charge in [-0.15, -0.1) is 4.68 Å². The van der Waals surface area contributed by atoms with Gasteiger partial charge in [0.25, 0.3) is 10.3 Å². The van der Waals surface area contributed by atoms with Crippen LogP contribution in [-0.4, -0.2) is 29.7 Å². The molecule has 0 radical (unpaired) electrons. The largest absolute Gasteiger partial charge is 0.492 e. The Morgan fingerprint density at radius 2 is 2.18 bits per heavy atom. The van der Waals surface area contributed by atoms with Gasteiger partial charge < -0.3 is 15.1 Å². The Morgan fingerprint density at radius 1 is 1.47 bits per heavy atom. The van der Waals surface area contributed by atoms with Crippen molar-refractivity contribution in [3.63, 3.8) is 0 Å². The predicted molar refractivity (Wildman–Crippen MR) is 61.8 cm³/mol. The van der Waals surface area contributed by atoms with E-state index in [-0.39, 0.29) is 15.0 Å². The van der Waals surface area contributed by atoms with Crippen molar-refractivity contribution in [3.05, 3.63) is 36.0 Å². The van der Waals surface area contributed by atoms with Crippen molar-refractivity contribution in [1.82, 2.24) is 24.7 Å². The molecular weight excluding hydrogens is 364 g/mol. The second-order valence-electron chi connectivity index (χ2n) is 2.72. The van der Waals surface area contributed by atoms with Crippen molar-refractivity contribution in [2.45, 2.75) is 0 Å². The summed E-state index contributed by atoms with van der Waals surface area (Å²) in [5, 5.41) is 14.1. The Labute approximate surface area is 109 Å². The molecule has 0 spiro atoms. The lowest BCUT2D eigenvalue weighted by Crippen LogP contribution is -2.13. The minimum atomic E-state index is -0.748. The van der Waals surface area contributed by atoms with E-state index in [4.69, 9.17) is 0 Å². The first-order chi connectivity index (χ1) is 8.00. The van der Waals surface area contributed by atoms with E-state index in [1.807, 2.05) is 0 Å². The smallest absolute Gasteiger partial charge is 0.390 e. The van der Waals surface area contributed by atoms with E-state index in [9.17, 15) is 14.9 Å². The highest BCUT2D eigenvalue weighted by Gasteiger charge is 2.23. The van der Waals surface area contributed by atoms with Gasteiger partial charge in [-0.2, -0.15) is 0 Å². The molecule has 2 rings (SSSR count). The van der Waals surface area contributed by atoms with Gasteiger partial charge in [-0.3, -0.25) is 4.79 Å². The van der Waals surface area contributed by atoms with E-state index in [1.54, 1.807) is 0 Å². The Bertz CT molecular complexity index is 649. The van der Waals surface area contributed by atoms with E-state index < -0.39 is 16.4 Å². The highest BCUT2D eigenvalue weighted by molar-refractivity contribution is 9.10. The lowest BCUT2D eigenvalue weighted by Gasteiger charge is -1.97. The van der Waals surface area contributed by atoms with E-state index in [1.165, 1.54) is 0 Å². The molecule has 0 saturated heterocycles. The van der Waals surface area contributed by atoms with E-state index in [0.29, 0.717) is 0 Å². The zero-order valence-corrected chi connectivity index (χ0v) is 11.0. The molecule has 17 heavy (non-hydrogen) atoms. The number of hydrogen-bond donors (Lipinski definition) is 1. The number of rotatable bonds is 2. The Hall–Kier alpha value is -1.62. The third-order valence-corrected chi connectivity index (χ3v) is 2.93. The van der Waals surface area contributed by atoms with Gasteiger partial charge in [0, 0.05) is 21.0 Å². The number of hydrogen-bond acceptors (Lipinski definition) is 6. The maximum Gasteiger partial charge on any atom is 0.492 e. The SMILES string of the molecule is O=c1[nH]cnc(-n2nc([N+](=O)[O-])nc2Br)c1Br. The van der Waals surface area contributed by atoms with Crippen molar-refractivity contribution in [2.24, 2.45) is 0 Å². The van der Waals surface area contributed by atoms with E-state index >= 15 is 0 Å².